The maximum Gasteiger partial charge on any atom is 0.264 e. The van der Waals surface area contributed by atoms with Gasteiger partial charge in [0.2, 0.25) is 11.8 Å². The van der Waals surface area contributed by atoms with Crippen LogP contribution < -0.4 is 14.5 Å². The predicted molar refractivity (Wildman–Crippen MR) is 122 cm³/mol. The second-order valence-electron chi connectivity index (χ2n) is 8.69. The lowest BCUT2D eigenvalue weighted by Gasteiger charge is -2.29. The van der Waals surface area contributed by atoms with E-state index < -0.39 is 0 Å². The van der Waals surface area contributed by atoms with Crippen LogP contribution in [0.3, 0.4) is 0 Å². The minimum Gasteiger partial charge on any atom is -0.482 e. The molecule has 2 aromatic carbocycles. The Kier molecular flexibility index (Phi) is 5.64. The van der Waals surface area contributed by atoms with Crippen molar-refractivity contribution in [1.29, 1.82) is 0 Å². The van der Waals surface area contributed by atoms with Gasteiger partial charge in [-0.3, -0.25) is 14.4 Å². The van der Waals surface area contributed by atoms with Gasteiger partial charge in [0.15, 0.2) is 6.61 Å². The number of hydrogen-bond donors (Lipinski definition) is 0. The lowest BCUT2D eigenvalue weighted by Crippen LogP contribution is -2.38. The van der Waals surface area contributed by atoms with Gasteiger partial charge in [-0.05, 0) is 55.5 Å². The molecule has 2 fully saturated rings. The van der Waals surface area contributed by atoms with Crippen LogP contribution in [0.15, 0.2) is 42.5 Å². The number of imide groups is 1. The topological polar surface area (TPSA) is 66.9 Å². The number of anilines is 2. The zero-order valence-electron chi connectivity index (χ0n) is 17.8. The van der Waals surface area contributed by atoms with Crippen molar-refractivity contribution in [2.75, 3.05) is 23.0 Å². The first-order valence-electron chi connectivity index (χ1n) is 11.2. The summed E-state index contributed by atoms with van der Waals surface area (Å²) in [6, 6.07) is 12.7. The van der Waals surface area contributed by atoms with E-state index in [9.17, 15) is 14.4 Å². The Bertz CT molecular complexity index is 1060. The molecule has 2 aromatic rings. The van der Waals surface area contributed by atoms with Crippen LogP contribution in [0.1, 0.15) is 37.7 Å². The van der Waals surface area contributed by atoms with Gasteiger partial charge in [0.05, 0.1) is 17.5 Å². The molecule has 1 saturated carbocycles. The number of carbonyl (C=O) groups is 3. The standard InChI is InChI=1S/C25H25ClN2O4/c26-17-11-12-22(21(14-17)28-24(30)18-8-2-3-9-19(18)25(28)31)32-15-23(29)27-13-5-7-16-6-1-4-10-20(16)27/h1,4,6,10-12,14,18-19H,2-3,5,7-9,13,15H2. The Morgan fingerprint density at radius 2 is 1.69 bits per heavy atom. The average molecular weight is 453 g/mol. The maximum atomic E-state index is 13.1. The fraction of sp³-hybridized carbons (Fsp3) is 0.400. The van der Waals surface area contributed by atoms with Crippen LogP contribution in [0.5, 0.6) is 5.75 Å². The second-order valence-corrected chi connectivity index (χ2v) is 9.12. The first-order valence-corrected chi connectivity index (χ1v) is 11.6. The van der Waals surface area contributed by atoms with Crippen molar-refractivity contribution in [2.45, 2.75) is 38.5 Å². The van der Waals surface area contributed by atoms with Crippen molar-refractivity contribution in [3.05, 3.63) is 53.1 Å². The van der Waals surface area contributed by atoms with Gasteiger partial charge in [0, 0.05) is 17.3 Å². The van der Waals surface area contributed by atoms with E-state index in [1.54, 1.807) is 23.1 Å². The summed E-state index contributed by atoms with van der Waals surface area (Å²) < 4.78 is 5.89. The van der Waals surface area contributed by atoms with Crippen molar-refractivity contribution >= 4 is 40.7 Å². The van der Waals surface area contributed by atoms with Crippen molar-refractivity contribution in [3.8, 4) is 5.75 Å². The molecule has 2 unspecified atom stereocenters. The van der Waals surface area contributed by atoms with Crippen LogP contribution in [0.2, 0.25) is 5.02 Å². The van der Waals surface area contributed by atoms with E-state index in [2.05, 4.69) is 0 Å². The Labute approximate surface area is 192 Å². The first-order chi connectivity index (χ1) is 15.5. The van der Waals surface area contributed by atoms with Gasteiger partial charge in [-0.25, -0.2) is 4.90 Å². The summed E-state index contributed by atoms with van der Waals surface area (Å²) in [4.78, 5) is 42.1. The molecule has 5 rings (SSSR count). The van der Waals surface area contributed by atoms with E-state index in [0.29, 0.717) is 23.0 Å². The van der Waals surface area contributed by atoms with Gasteiger partial charge < -0.3 is 9.64 Å². The molecule has 0 aromatic heterocycles. The Balaban J connectivity index is 1.37. The molecule has 7 heteroatoms. The largest absolute Gasteiger partial charge is 0.482 e. The second kappa shape index (κ2) is 8.58. The molecule has 0 bridgehead atoms. The number of rotatable bonds is 4. The van der Waals surface area contributed by atoms with E-state index >= 15 is 0 Å². The lowest BCUT2D eigenvalue weighted by atomic mass is 9.81. The number of para-hydroxylation sites is 1. The SMILES string of the molecule is O=C(COc1ccc(Cl)cc1N1C(=O)C2CCCCC2C1=O)N1CCCc2ccccc21. The Morgan fingerprint density at radius 3 is 2.44 bits per heavy atom. The fourth-order valence-electron chi connectivity index (χ4n) is 5.20. The minimum absolute atomic E-state index is 0.161. The summed E-state index contributed by atoms with van der Waals surface area (Å²) in [5, 5.41) is 0.402. The number of fused-ring (bicyclic) bond motifs is 2. The van der Waals surface area contributed by atoms with Gasteiger partial charge in [-0.2, -0.15) is 0 Å². The van der Waals surface area contributed by atoms with E-state index in [1.807, 2.05) is 24.3 Å². The highest BCUT2D eigenvalue weighted by atomic mass is 35.5. The summed E-state index contributed by atoms with van der Waals surface area (Å²) in [5.41, 5.74) is 2.39. The molecular weight excluding hydrogens is 428 g/mol. The Morgan fingerprint density at radius 1 is 0.969 bits per heavy atom. The molecule has 0 spiro atoms. The average Bonchev–Trinajstić information content (AvgIpc) is 3.07. The number of benzene rings is 2. The number of carbonyl (C=O) groups excluding carboxylic acids is 3. The van der Waals surface area contributed by atoms with Crippen molar-refractivity contribution in [1.82, 2.24) is 0 Å². The molecule has 1 saturated heterocycles. The van der Waals surface area contributed by atoms with Crippen molar-refractivity contribution in [2.24, 2.45) is 11.8 Å². The molecule has 3 aliphatic rings. The highest BCUT2D eigenvalue weighted by Crippen LogP contribution is 2.43. The minimum atomic E-state index is -0.269. The van der Waals surface area contributed by atoms with Gasteiger partial charge in [-0.15, -0.1) is 0 Å². The molecule has 3 amide bonds. The number of ether oxygens (including phenoxy) is 1. The number of halogens is 1. The number of amides is 3. The van der Waals surface area contributed by atoms with Gasteiger partial charge in [0.1, 0.15) is 5.75 Å². The summed E-state index contributed by atoms with van der Waals surface area (Å²) in [6.45, 7) is 0.450. The molecule has 6 nitrogen and oxygen atoms in total. The van der Waals surface area contributed by atoms with Crippen LogP contribution in [-0.4, -0.2) is 30.9 Å². The molecule has 0 radical (unpaired) electrons. The normalized spacial score (nSPS) is 22.5. The van der Waals surface area contributed by atoms with Gasteiger partial charge in [-0.1, -0.05) is 42.6 Å². The highest BCUT2D eigenvalue weighted by molar-refractivity contribution is 6.31. The number of aryl methyl sites for hydroxylation is 1. The predicted octanol–water partition coefficient (Wildman–Crippen LogP) is 4.38. The lowest BCUT2D eigenvalue weighted by molar-refractivity contribution is -0.122. The third-order valence-electron chi connectivity index (χ3n) is 6.77. The summed E-state index contributed by atoms with van der Waals surface area (Å²) in [5.74, 6) is -0.769. The van der Waals surface area contributed by atoms with Crippen LogP contribution in [0.4, 0.5) is 11.4 Å². The van der Waals surface area contributed by atoms with E-state index in [1.165, 1.54) is 4.90 Å². The first kappa shape index (κ1) is 21.0. The molecule has 2 atom stereocenters. The summed E-state index contributed by atoms with van der Waals surface area (Å²) in [6.07, 6.45) is 5.22. The third kappa shape index (κ3) is 3.66. The molecule has 166 valence electrons. The van der Waals surface area contributed by atoms with E-state index in [4.69, 9.17) is 16.3 Å². The van der Waals surface area contributed by atoms with E-state index in [-0.39, 0.29) is 36.2 Å². The van der Waals surface area contributed by atoms with Crippen LogP contribution >= 0.6 is 11.6 Å². The highest BCUT2D eigenvalue weighted by Gasteiger charge is 2.49. The maximum absolute atomic E-state index is 13.1. The zero-order chi connectivity index (χ0) is 22.2. The molecular formula is C25H25ClN2O4. The smallest absolute Gasteiger partial charge is 0.264 e. The monoisotopic (exact) mass is 452 g/mol. The number of nitrogens with zero attached hydrogens (tertiary/aromatic N) is 2. The molecule has 2 heterocycles. The molecule has 32 heavy (non-hydrogen) atoms. The fourth-order valence-corrected chi connectivity index (χ4v) is 5.36. The van der Waals surface area contributed by atoms with Gasteiger partial charge >= 0.3 is 0 Å². The summed E-state index contributed by atoms with van der Waals surface area (Å²) >= 11 is 6.20. The molecule has 2 aliphatic heterocycles. The summed E-state index contributed by atoms with van der Waals surface area (Å²) in [7, 11) is 0. The van der Waals surface area contributed by atoms with Gasteiger partial charge in [0.25, 0.3) is 5.91 Å². The van der Waals surface area contributed by atoms with Crippen LogP contribution in [0.25, 0.3) is 0 Å². The quantitative estimate of drug-likeness (QED) is 0.646. The van der Waals surface area contributed by atoms with Crippen molar-refractivity contribution < 1.29 is 19.1 Å². The molecule has 1 aliphatic carbocycles. The number of hydrogen-bond acceptors (Lipinski definition) is 4. The van der Waals surface area contributed by atoms with Crippen LogP contribution in [-0.2, 0) is 20.8 Å². The van der Waals surface area contributed by atoms with E-state index in [0.717, 1.165) is 49.8 Å². The zero-order valence-corrected chi connectivity index (χ0v) is 18.5. The van der Waals surface area contributed by atoms with Crippen molar-refractivity contribution in [3.63, 3.8) is 0 Å². The van der Waals surface area contributed by atoms with Crippen LogP contribution in [0, 0.1) is 11.8 Å². The third-order valence-corrected chi connectivity index (χ3v) is 7.00. The Hall–Kier alpha value is -2.86. The molecule has 0 N–H and O–H groups in total.